The zero-order valence-electron chi connectivity index (χ0n) is 16.0. The average molecular weight is 334 g/mol. The quantitative estimate of drug-likeness (QED) is 0.433. The van der Waals surface area contributed by atoms with Crippen molar-refractivity contribution in [3.8, 4) is 0 Å². The Kier molecular flexibility index (Phi) is 2.48. The van der Waals surface area contributed by atoms with Gasteiger partial charge in [-0.2, -0.15) is 0 Å². The van der Waals surface area contributed by atoms with Crippen LogP contribution in [0.3, 0.4) is 0 Å². The summed E-state index contributed by atoms with van der Waals surface area (Å²) in [4.78, 5) is 0. The smallest absolute Gasteiger partial charge is 0.0617 e. The molecule has 26 heavy (non-hydrogen) atoms. The molecule has 0 amide bonds. The van der Waals surface area contributed by atoms with E-state index in [0.29, 0.717) is 6.71 Å². The molecule has 0 radical (unpaired) electrons. The molecule has 3 aliphatic rings. The highest BCUT2D eigenvalue weighted by Crippen LogP contribution is 2.42. The molecule has 0 nitrogen and oxygen atoms in total. The van der Waals surface area contributed by atoms with Crippen LogP contribution in [0.4, 0.5) is 0 Å². The van der Waals surface area contributed by atoms with Crippen LogP contribution in [-0.4, -0.2) is 6.71 Å². The van der Waals surface area contributed by atoms with Crippen molar-refractivity contribution in [1.82, 2.24) is 0 Å². The molecule has 1 heteroatoms. The molecule has 0 N–H and O–H groups in total. The van der Waals surface area contributed by atoms with Crippen molar-refractivity contribution >= 4 is 23.1 Å². The number of rotatable bonds is 0. The fourth-order valence-corrected chi connectivity index (χ4v) is 6.20. The molecule has 0 spiro atoms. The Morgan fingerprint density at radius 3 is 1.42 bits per heavy atom. The molecule has 3 aromatic rings. The van der Waals surface area contributed by atoms with Crippen LogP contribution < -0.4 is 16.4 Å². The highest BCUT2D eigenvalue weighted by molar-refractivity contribution is 6.98. The van der Waals surface area contributed by atoms with Gasteiger partial charge in [-0.25, -0.2) is 0 Å². The van der Waals surface area contributed by atoms with Crippen LogP contribution in [0.2, 0.25) is 0 Å². The van der Waals surface area contributed by atoms with Crippen molar-refractivity contribution in [2.24, 2.45) is 0 Å². The van der Waals surface area contributed by atoms with E-state index in [2.05, 4.69) is 82.3 Å². The van der Waals surface area contributed by atoms with E-state index in [1.807, 2.05) is 0 Å². The minimum Gasteiger partial charge on any atom is -0.0617 e. The van der Waals surface area contributed by atoms with Crippen molar-refractivity contribution in [2.45, 2.75) is 44.9 Å². The van der Waals surface area contributed by atoms with E-state index >= 15 is 0 Å². The van der Waals surface area contributed by atoms with E-state index in [0.717, 1.165) is 6.42 Å². The molecule has 126 valence electrons. The van der Waals surface area contributed by atoms with Gasteiger partial charge in [0.05, 0.1) is 0 Å². The maximum Gasteiger partial charge on any atom is 0.243 e. The summed E-state index contributed by atoms with van der Waals surface area (Å²) in [6, 6.07) is 21.1. The Morgan fingerprint density at radius 2 is 0.962 bits per heavy atom. The van der Waals surface area contributed by atoms with Gasteiger partial charge < -0.3 is 0 Å². The highest BCUT2D eigenvalue weighted by atomic mass is 14.4. The van der Waals surface area contributed by atoms with E-state index < -0.39 is 0 Å². The third-order valence-electron chi connectivity index (χ3n) is 7.44. The number of benzene rings is 3. The zero-order valence-corrected chi connectivity index (χ0v) is 16.0. The van der Waals surface area contributed by atoms with Gasteiger partial charge in [-0.05, 0) is 39.8 Å². The molecule has 0 atom stereocenters. The Morgan fingerprint density at radius 1 is 0.577 bits per heavy atom. The molecule has 0 aliphatic carbocycles. The molecular weight excluding hydrogens is 311 g/mol. The lowest BCUT2D eigenvalue weighted by molar-refractivity contribution is 0.620. The number of hydrogen-bond acceptors (Lipinski definition) is 0. The van der Waals surface area contributed by atoms with Gasteiger partial charge in [-0.1, -0.05) is 98.7 Å². The summed E-state index contributed by atoms with van der Waals surface area (Å²) in [7, 11) is 0. The van der Waals surface area contributed by atoms with E-state index in [-0.39, 0.29) is 10.8 Å². The fourth-order valence-electron chi connectivity index (χ4n) is 6.20. The topological polar surface area (TPSA) is 0 Å². The van der Waals surface area contributed by atoms with Gasteiger partial charge in [0.25, 0.3) is 0 Å². The second-order valence-corrected chi connectivity index (χ2v) is 9.38. The van der Waals surface area contributed by atoms with Crippen LogP contribution >= 0.6 is 0 Å². The largest absolute Gasteiger partial charge is 0.243 e. The summed E-state index contributed by atoms with van der Waals surface area (Å²) < 4.78 is 0. The van der Waals surface area contributed by atoms with Crippen LogP contribution in [0, 0.1) is 0 Å². The molecule has 3 aliphatic heterocycles. The Hall–Kier alpha value is -2.28. The van der Waals surface area contributed by atoms with Crippen LogP contribution in [0.25, 0.3) is 0 Å². The van der Waals surface area contributed by atoms with Gasteiger partial charge in [-0.3, -0.25) is 0 Å². The Labute approximate surface area is 156 Å². The van der Waals surface area contributed by atoms with Crippen molar-refractivity contribution in [1.29, 1.82) is 0 Å². The predicted octanol–water partition coefficient (Wildman–Crippen LogP) is 3.39. The minimum atomic E-state index is 0.0626. The van der Waals surface area contributed by atoms with Gasteiger partial charge in [0, 0.05) is 10.8 Å². The monoisotopic (exact) mass is 334 g/mol. The summed E-state index contributed by atoms with van der Waals surface area (Å²) in [5.41, 5.74) is 14.1. The fraction of sp³-hybridized carbons (Fsp3) is 0.280. The molecule has 0 aromatic heterocycles. The molecule has 0 unspecified atom stereocenters. The van der Waals surface area contributed by atoms with Crippen LogP contribution in [0.15, 0.2) is 54.6 Å². The van der Waals surface area contributed by atoms with Crippen LogP contribution in [0.5, 0.6) is 0 Å². The van der Waals surface area contributed by atoms with Crippen molar-refractivity contribution in [3.63, 3.8) is 0 Å². The summed E-state index contributed by atoms with van der Waals surface area (Å²) in [5, 5.41) is 0. The lowest BCUT2D eigenvalue weighted by Gasteiger charge is -2.49. The lowest BCUT2D eigenvalue weighted by Crippen LogP contribution is -2.69. The average Bonchev–Trinajstić information content (AvgIpc) is 2.63. The SMILES string of the molecule is CC1(C)c2cccc3c2B2c4c(cccc4C(C)(C)c4cccc1c42)C3. The number of hydrogen-bond donors (Lipinski definition) is 0. The third kappa shape index (κ3) is 1.47. The molecule has 0 saturated carbocycles. The van der Waals surface area contributed by atoms with Crippen molar-refractivity contribution in [2.75, 3.05) is 0 Å². The highest BCUT2D eigenvalue weighted by Gasteiger charge is 2.50. The summed E-state index contributed by atoms with van der Waals surface area (Å²) >= 11 is 0. The van der Waals surface area contributed by atoms with Crippen LogP contribution in [0.1, 0.15) is 61.1 Å². The second kappa shape index (κ2) is 4.34. The maximum absolute atomic E-state index is 2.41. The van der Waals surface area contributed by atoms with E-state index in [4.69, 9.17) is 0 Å². The lowest BCUT2D eigenvalue weighted by atomic mass is 9.25. The summed E-state index contributed by atoms with van der Waals surface area (Å²) in [6.45, 7) is 10.1. The van der Waals surface area contributed by atoms with Gasteiger partial charge in [-0.15, -0.1) is 0 Å². The van der Waals surface area contributed by atoms with E-state index in [1.165, 1.54) is 33.4 Å². The van der Waals surface area contributed by atoms with Gasteiger partial charge >= 0.3 is 0 Å². The predicted molar refractivity (Wildman–Crippen MR) is 111 cm³/mol. The first-order chi connectivity index (χ1) is 12.4. The van der Waals surface area contributed by atoms with Gasteiger partial charge in [0.15, 0.2) is 0 Å². The van der Waals surface area contributed by atoms with Crippen LogP contribution in [-0.2, 0) is 17.3 Å². The third-order valence-corrected chi connectivity index (χ3v) is 7.44. The molecule has 3 aromatic carbocycles. The first-order valence-corrected chi connectivity index (χ1v) is 9.81. The molecular formula is C25H23B. The van der Waals surface area contributed by atoms with Gasteiger partial charge in [0.2, 0.25) is 6.71 Å². The van der Waals surface area contributed by atoms with E-state index in [1.54, 1.807) is 16.4 Å². The molecule has 6 rings (SSSR count). The van der Waals surface area contributed by atoms with E-state index in [9.17, 15) is 0 Å². The first-order valence-electron chi connectivity index (χ1n) is 9.81. The van der Waals surface area contributed by atoms with Crippen molar-refractivity contribution in [3.05, 3.63) is 88.0 Å². The Bertz CT molecular complexity index is 1030. The summed E-state index contributed by atoms with van der Waals surface area (Å²) in [6.07, 6.45) is 1.08. The molecule has 0 fully saturated rings. The summed E-state index contributed by atoms with van der Waals surface area (Å²) in [5.74, 6) is 0. The minimum absolute atomic E-state index is 0.0626. The van der Waals surface area contributed by atoms with Gasteiger partial charge in [0.1, 0.15) is 0 Å². The standard InChI is InChI=1S/C25H23B/c1-24(2)17-10-5-8-15-14-16-9-6-11-18-22(16)26(21(15)17)23-19(24)12-7-13-20(23)25(18,3)4/h5-13H,14H2,1-4H3. The normalized spacial score (nSPS) is 19.2. The molecule has 0 bridgehead atoms. The molecule has 3 heterocycles. The zero-order chi connectivity index (χ0) is 17.8. The first kappa shape index (κ1) is 14.8. The maximum atomic E-state index is 2.41. The molecule has 0 saturated heterocycles. The van der Waals surface area contributed by atoms with Crippen molar-refractivity contribution < 1.29 is 0 Å². The second-order valence-electron chi connectivity index (χ2n) is 9.38. The Balaban J connectivity index is 1.86.